The molecule has 0 atom stereocenters. The van der Waals surface area contributed by atoms with Gasteiger partial charge in [0, 0.05) is 10.6 Å². The minimum Gasteiger partial charge on any atom is -0.494 e. The molecule has 0 spiro atoms. The zero-order chi connectivity index (χ0) is 13.5. The molecule has 0 aliphatic rings. The summed E-state index contributed by atoms with van der Waals surface area (Å²) in [5.41, 5.74) is 1.88. The normalized spacial score (nSPS) is 10.2. The number of carbonyl (C=O) groups excluding carboxylic acids is 1. The van der Waals surface area contributed by atoms with E-state index in [0.717, 1.165) is 29.9 Å². The van der Waals surface area contributed by atoms with Crippen LogP contribution in [-0.2, 0) is 6.42 Å². The van der Waals surface area contributed by atoms with Gasteiger partial charge in [-0.2, -0.15) is 0 Å². The van der Waals surface area contributed by atoms with Gasteiger partial charge in [0.1, 0.15) is 12.0 Å². The average Bonchev–Trinajstić information content (AvgIpc) is 2.46. The zero-order valence-electron chi connectivity index (χ0n) is 10.5. The molecule has 2 aromatic rings. The Morgan fingerprint density at radius 3 is 2.63 bits per heavy atom. The highest BCUT2D eigenvalue weighted by Gasteiger charge is 1.97. The second-order valence-electron chi connectivity index (χ2n) is 4.27. The van der Waals surface area contributed by atoms with Gasteiger partial charge in [0.2, 0.25) is 0 Å². The lowest BCUT2D eigenvalue weighted by Crippen LogP contribution is -1.99. The molecule has 0 saturated heterocycles. The number of benzene rings is 2. The lowest BCUT2D eigenvalue weighted by Gasteiger charge is -2.06. The number of hydrogen-bond acceptors (Lipinski definition) is 2. The molecule has 0 heterocycles. The number of aldehydes is 1. The zero-order valence-corrected chi connectivity index (χ0v) is 11.3. The van der Waals surface area contributed by atoms with Crippen LogP contribution in [0.4, 0.5) is 0 Å². The molecule has 0 saturated carbocycles. The highest BCUT2D eigenvalue weighted by molar-refractivity contribution is 6.30. The molecule has 0 aliphatic heterocycles. The molecule has 0 radical (unpaired) electrons. The molecular weight excluding hydrogens is 260 g/mol. The van der Waals surface area contributed by atoms with Crippen LogP contribution in [0.25, 0.3) is 0 Å². The van der Waals surface area contributed by atoms with Crippen LogP contribution in [0.2, 0.25) is 5.02 Å². The Bertz CT molecular complexity index is 535. The Morgan fingerprint density at radius 2 is 1.89 bits per heavy atom. The number of rotatable bonds is 6. The molecule has 0 N–H and O–H groups in total. The topological polar surface area (TPSA) is 26.3 Å². The van der Waals surface area contributed by atoms with Crippen molar-refractivity contribution in [2.45, 2.75) is 12.8 Å². The van der Waals surface area contributed by atoms with E-state index in [1.807, 2.05) is 36.4 Å². The largest absolute Gasteiger partial charge is 0.494 e. The van der Waals surface area contributed by atoms with E-state index >= 15 is 0 Å². The van der Waals surface area contributed by atoms with Crippen molar-refractivity contribution in [3.8, 4) is 5.75 Å². The summed E-state index contributed by atoms with van der Waals surface area (Å²) in [7, 11) is 0. The van der Waals surface area contributed by atoms with E-state index in [1.54, 1.807) is 12.1 Å². The molecule has 0 unspecified atom stereocenters. The monoisotopic (exact) mass is 274 g/mol. The summed E-state index contributed by atoms with van der Waals surface area (Å²) in [4.78, 5) is 10.6. The third-order valence-corrected chi connectivity index (χ3v) is 3.04. The molecular formula is C16H15ClO2. The first kappa shape index (κ1) is 13.6. The fraction of sp³-hybridized carbons (Fsp3) is 0.188. The summed E-state index contributed by atoms with van der Waals surface area (Å²) < 4.78 is 5.61. The van der Waals surface area contributed by atoms with Crippen molar-refractivity contribution >= 4 is 17.9 Å². The highest BCUT2D eigenvalue weighted by Crippen LogP contribution is 2.14. The second kappa shape index (κ2) is 6.95. The first-order valence-electron chi connectivity index (χ1n) is 6.20. The Morgan fingerprint density at radius 1 is 1.11 bits per heavy atom. The van der Waals surface area contributed by atoms with Gasteiger partial charge in [-0.1, -0.05) is 35.9 Å². The van der Waals surface area contributed by atoms with Crippen LogP contribution in [-0.4, -0.2) is 12.9 Å². The SMILES string of the molecule is O=Cc1cccc(OCCCc2ccc(Cl)cc2)c1. The molecule has 2 aromatic carbocycles. The van der Waals surface area contributed by atoms with Crippen LogP contribution < -0.4 is 4.74 Å². The van der Waals surface area contributed by atoms with E-state index in [2.05, 4.69) is 0 Å². The quantitative estimate of drug-likeness (QED) is 0.584. The summed E-state index contributed by atoms with van der Waals surface area (Å²) in [6.07, 6.45) is 2.69. The van der Waals surface area contributed by atoms with E-state index in [9.17, 15) is 4.79 Å². The lowest BCUT2D eigenvalue weighted by molar-refractivity contribution is 0.112. The minimum absolute atomic E-state index is 0.630. The van der Waals surface area contributed by atoms with E-state index in [4.69, 9.17) is 16.3 Å². The van der Waals surface area contributed by atoms with Gasteiger partial charge in [0.25, 0.3) is 0 Å². The summed E-state index contributed by atoms with van der Waals surface area (Å²) in [5.74, 6) is 0.737. The van der Waals surface area contributed by atoms with Gasteiger partial charge in [-0.15, -0.1) is 0 Å². The maximum atomic E-state index is 10.6. The van der Waals surface area contributed by atoms with Crippen LogP contribution in [0.15, 0.2) is 48.5 Å². The van der Waals surface area contributed by atoms with Gasteiger partial charge >= 0.3 is 0 Å². The molecule has 0 amide bonds. The van der Waals surface area contributed by atoms with Crippen LogP contribution in [0, 0.1) is 0 Å². The predicted octanol–water partition coefficient (Wildman–Crippen LogP) is 4.16. The molecule has 0 aromatic heterocycles. The standard InChI is InChI=1S/C16H15ClO2/c17-15-8-6-13(7-9-15)4-2-10-19-16-5-1-3-14(11-16)12-18/h1,3,5-9,11-12H,2,4,10H2. The fourth-order valence-electron chi connectivity index (χ4n) is 1.80. The first-order chi connectivity index (χ1) is 9.28. The summed E-state index contributed by atoms with van der Waals surface area (Å²) in [6, 6.07) is 15.0. The number of aryl methyl sites for hydroxylation is 1. The molecule has 0 bridgehead atoms. The van der Waals surface area contributed by atoms with Crippen LogP contribution >= 0.6 is 11.6 Å². The third kappa shape index (κ3) is 4.42. The van der Waals surface area contributed by atoms with Gasteiger partial charge in [0.05, 0.1) is 6.61 Å². The van der Waals surface area contributed by atoms with Crippen molar-refractivity contribution in [2.75, 3.05) is 6.61 Å². The second-order valence-corrected chi connectivity index (χ2v) is 4.71. The van der Waals surface area contributed by atoms with Crippen molar-refractivity contribution < 1.29 is 9.53 Å². The number of hydrogen-bond donors (Lipinski definition) is 0. The van der Waals surface area contributed by atoms with E-state index in [-0.39, 0.29) is 0 Å². The van der Waals surface area contributed by atoms with E-state index in [0.29, 0.717) is 12.2 Å². The van der Waals surface area contributed by atoms with Gasteiger partial charge in [0.15, 0.2) is 0 Å². The molecule has 2 rings (SSSR count). The molecule has 98 valence electrons. The molecule has 0 fully saturated rings. The maximum absolute atomic E-state index is 10.6. The van der Waals surface area contributed by atoms with Crippen LogP contribution in [0.5, 0.6) is 5.75 Å². The predicted molar refractivity (Wildman–Crippen MR) is 77.1 cm³/mol. The Kier molecular flexibility index (Phi) is 4.99. The lowest BCUT2D eigenvalue weighted by atomic mass is 10.1. The smallest absolute Gasteiger partial charge is 0.150 e. The number of halogens is 1. The minimum atomic E-state index is 0.630. The van der Waals surface area contributed by atoms with Gasteiger partial charge in [-0.3, -0.25) is 4.79 Å². The Hall–Kier alpha value is -1.80. The highest BCUT2D eigenvalue weighted by atomic mass is 35.5. The van der Waals surface area contributed by atoms with Crippen molar-refractivity contribution in [1.29, 1.82) is 0 Å². The molecule has 3 heteroatoms. The van der Waals surface area contributed by atoms with E-state index < -0.39 is 0 Å². The van der Waals surface area contributed by atoms with Crippen molar-refractivity contribution in [1.82, 2.24) is 0 Å². The average molecular weight is 275 g/mol. The summed E-state index contributed by atoms with van der Waals surface area (Å²) >= 11 is 5.83. The Balaban J connectivity index is 1.77. The van der Waals surface area contributed by atoms with Crippen molar-refractivity contribution in [2.24, 2.45) is 0 Å². The van der Waals surface area contributed by atoms with Crippen LogP contribution in [0.1, 0.15) is 22.3 Å². The molecule has 19 heavy (non-hydrogen) atoms. The first-order valence-corrected chi connectivity index (χ1v) is 6.58. The van der Waals surface area contributed by atoms with E-state index in [1.165, 1.54) is 5.56 Å². The Labute approximate surface area is 118 Å². The van der Waals surface area contributed by atoms with Gasteiger partial charge in [-0.25, -0.2) is 0 Å². The van der Waals surface area contributed by atoms with Crippen molar-refractivity contribution in [3.05, 3.63) is 64.7 Å². The van der Waals surface area contributed by atoms with Gasteiger partial charge < -0.3 is 4.74 Å². The van der Waals surface area contributed by atoms with Gasteiger partial charge in [-0.05, 0) is 42.7 Å². The third-order valence-electron chi connectivity index (χ3n) is 2.79. The summed E-state index contributed by atoms with van der Waals surface area (Å²) in [5, 5.41) is 0.755. The number of ether oxygens (including phenoxy) is 1. The summed E-state index contributed by atoms with van der Waals surface area (Å²) in [6.45, 7) is 0.630. The molecule has 2 nitrogen and oxygen atoms in total. The number of carbonyl (C=O) groups is 1. The maximum Gasteiger partial charge on any atom is 0.150 e. The van der Waals surface area contributed by atoms with Crippen molar-refractivity contribution in [3.63, 3.8) is 0 Å². The van der Waals surface area contributed by atoms with Crippen LogP contribution in [0.3, 0.4) is 0 Å². The molecule has 0 aliphatic carbocycles. The fourth-order valence-corrected chi connectivity index (χ4v) is 1.92.